The van der Waals surface area contributed by atoms with Crippen molar-refractivity contribution >= 4 is 30.4 Å². The maximum absolute atomic E-state index is 8.42. The van der Waals surface area contributed by atoms with E-state index in [1.165, 1.54) is 0 Å². The van der Waals surface area contributed by atoms with E-state index in [0.717, 1.165) is 0 Å². The van der Waals surface area contributed by atoms with Crippen LogP contribution >= 0.6 is 0 Å². The van der Waals surface area contributed by atoms with Crippen molar-refractivity contribution in [2.24, 2.45) is 0 Å². The molecule has 0 fully saturated rings. The predicted octanol–water partition coefficient (Wildman–Crippen LogP) is -7.32. The third kappa shape index (κ3) is 43.3. The third-order valence-electron chi connectivity index (χ3n) is 0. The molecule has 0 aromatic rings. The number of hydrogen-bond donors (Lipinski definition) is 0. The first-order chi connectivity index (χ1) is 1.73. The van der Waals surface area contributed by atoms with E-state index in [9.17, 15) is 0 Å². The summed E-state index contributed by atoms with van der Waals surface area (Å²) in [4.78, 5) is 0. The van der Waals surface area contributed by atoms with Crippen LogP contribution in [-0.2, 0) is 0 Å². The minimum atomic E-state index is -2.92. The average molecular weight is 106 g/mol. The van der Waals surface area contributed by atoms with Gasteiger partial charge in [-0.25, -0.2) is 0 Å². The van der Waals surface area contributed by atoms with Gasteiger partial charge < -0.3 is 15.1 Å². The van der Waals surface area contributed by atoms with Crippen LogP contribution < -0.4 is 44.6 Å². The molecule has 0 bridgehead atoms. The van der Waals surface area contributed by atoms with Crippen LogP contribution in [0.3, 0.4) is 0 Å². The molecule has 0 aliphatic carbocycles. The summed E-state index contributed by atoms with van der Waals surface area (Å²) < 4.78 is 0. The third-order valence-corrected chi connectivity index (χ3v) is 0. The zero-order chi connectivity index (χ0) is 3.58. The first kappa shape index (κ1) is 15.6. The zero-order valence-corrected chi connectivity index (χ0v) is 6.92. The molecule has 0 saturated carbocycles. The molecule has 0 radical (unpaired) electrons. The topological polar surface area (TPSA) is 69.2 Å². The summed E-state index contributed by atoms with van der Waals surface area (Å²) in [7, 11) is -2.92. The van der Waals surface area contributed by atoms with Crippen LogP contribution in [0.1, 0.15) is 0 Å². The molecule has 0 rings (SSSR count). The summed E-state index contributed by atoms with van der Waals surface area (Å²) >= 11 is 0. The summed E-state index contributed by atoms with van der Waals surface area (Å²) in [6, 6.07) is 0. The fourth-order valence-electron chi connectivity index (χ4n) is 0. The summed E-state index contributed by atoms with van der Waals surface area (Å²) in [6.45, 7) is 0. The number of rotatable bonds is 0. The normalized spacial score (nSPS) is 4.50. The van der Waals surface area contributed by atoms with Crippen LogP contribution in [-0.4, -0.2) is 30.4 Å². The van der Waals surface area contributed by atoms with E-state index in [2.05, 4.69) is 0 Å². The SMILES string of the molecule is [Mg+2].[Na+].[O-]B([O-])[O-]. The van der Waals surface area contributed by atoms with E-state index in [0.29, 0.717) is 0 Å². The van der Waals surface area contributed by atoms with E-state index in [1.807, 2.05) is 0 Å². The molecule has 0 aliphatic heterocycles. The number of hydrogen-bond acceptors (Lipinski definition) is 3. The molecule has 0 amide bonds. The summed E-state index contributed by atoms with van der Waals surface area (Å²) in [5.74, 6) is 0. The van der Waals surface area contributed by atoms with Crippen molar-refractivity contribution in [2.45, 2.75) is 0 Å². The van der Waals surface area contributed by atoms with Gasteiger partial charge in [0.25, 0.3) is 0 Å². The van der Waals surface area contributed by atoms with Crippen molar-refractivity contribution in [3.8, 4) is 0 Å². The largest absolute Gasteiger partial charge is 2.00 e. The van der Waals surface area contributed by atoms with Crippen molar-refractivity contribution in [1.29, 1.82) is 0 Å². The van der Waals surface area contributed by atoms with Crippen LogP contribution in [0, 0.1) is 0 Å². The Kier molecular flexibility index (Phi) is 25.7. The van der Waals surface area contributed by atoms with Gasteiger partial charge in [0.2, 0.25) is 0 Å². The Morgan fingerprint density at radius 2 is 1.00 bits per heavy atom. The van der Waals surface area contributed by atoms with Crippen molar-refractivity contribution in [3.63, 3.8) is 0 Å². The first-order valence-electron chi connectivity index (χ1n) is 0.707. The van der Waals surface area contributed by atoms with Crippen LogP contribution in [0.25, 0.3) is 0 Å². The van der Waals surface area contributed by atoms with Crippen LogP contribution in [0.5, 0.6) is 0 Å². The maximum atomic E-state index is 8.42. The van der Waals surface area contributed by atoms with E-state index in [-0.39, 0.29) is 52.6 Å². The van der Waals surface area contributed by atoms with Gasteiger partial charge >= 0.3 is 52.6 Å². The smallest absolute Gasteiger partial charge is 0.907 e. The standard InChI is InChI=1S/BO3.Mg.Na/c2-1(3)4;;/q-3;+2;+1. The Balaban J connectivity index is -0.0000000450. The molecule has 6 heteroatoms. The first-order valence-corrected chi connectivity index (χ1v) is 0.707. The quantitative estimate of drug-likeness (QED) is 0.288. The van der Waals surface area contributed by atoms with Gasteiger partial charge in [0.05, 0.1) is 0 Å². The van der Waals surface area contributed by atoms with E-state index in [1.54, 1.807) is 0 Å². The van der Waals surface area contributed by atoms with Gasteiger partial charge in [-0.3, -0.25) is 7.32 Å². The van der Waals surface area contributed by atoms with E-state index >= 15 is 0 Å². The van der Waals surface area contributed by atoms with Gasteiger partial charge in [-0.05, 0) is 0 Å². The molecule has 0 aliphatic rings. The molecule has 0 spiro atoms. The van der Waals surface area contributed by atoms with Gasteiger partial charge in [-0.1, -0.05) is 0 Å². The molecule has 0 aromatic carbocycles. The van der Waals surface area contributed by atoms with Crippen molar-refractivity contribution in [2.75, 3.05) is 0 Å². The minimum absolute atomic E-state index is 0. The Labute approximate surface area is 74.4 Å². The van der Waals surface area contributed by atoms with Gasteiger partial charge in [0.15, 0.2) is 0 Å². The van der Waals surface area contributed by atoms with Gasteiger partial charge in [0.1, 0.15) is 0 Å². The molecule has 0 atom stereocenters. The van der Waals surface area contributed by atoms with Crippen LogP contribution in [0.15, 0.2) is 0 Å². The fourth-order valence-corrected chi connectivity index (χ4v) is 0. The molecule has 0 heterocycles. The Hall–Kier alpha value is 1.71. The minimum Gasteiger partial charge on any atom is -0.907 e. The molecular formula is BMgNaO3. The maximum Gasteiger partial charge on any atom is 2.00 e. The van der Waals surface area contributed by atoms with Crippen LogP contribution in [0.2, 0.25) is 0 Å². The molecular weight excluding hydrogens is 106 g/mol. The van der Waals surface area contributed by atoms with E-state index in [4.69, 9.17) is 15.1 Å². The second kappa shape index (κ2) is 9.86. The van der Waals surface area contributed by atoms with Gasteiger partial charge in [0, 0.05) is 0 Å². The van der Waals surface area contributed by atoms with Crippen molar-refractivity contribution in [3.05, 3.63) is 0 Å². The van der Waals surface area contributed by atoms with Gasteiger partial charge in [-0.2, -0.15) is 0 Å². The van der Waals surface area contributed by atoms with E-state index < -0.39 is 7.32 Å². The van der Waals surface area contributed by atoms with Gasteiger partial charge in [-0.15, -0.1) is 0 Å². The summed E-state index contributed by atoms with van der Waals surface area (Å²) in [5, 5.41) is 25.2. The molecule has 6 heavy (non-hydrogen) atoms. The molecule has 24 valence electrons. The molecule has 0 N–H and O–H groups in total. The van der Waals surface area contributed by atoms with Crippen LogP contribution in [0.4, 0.5) is 0 Å². The monoisotopic (exact) mass is 106 g/mol. The zero-order valence-electron chi connectivity index (χ0n) is 3.51. The second-order valence-electron chi connectivity index (χ2n) is 0.289. The molecule has 0 aromatic heterocycles. The molecule has 0 unspecified atom stereocenters. The summed E-state index contributed by atoms with van der Waals surface area (Å²) in [6.07, 6.45) is 0. The Morgan fingerprint density at radius 1 is 1.00 bits per heavy atom. The fraction of sp³-hybridized carbons (Fsp3) is 0. The predicted molar refractivity (Wildman–Crippen MR) is 11.5 cm³/mol. The van der Waals surface area contributed by atoms with Crippen molar-refractivity contribution < 1.29 is 44.6 Å². The molecule has 0 saturated heterocycles. The average Bonchev–Trinajstić information content (AvgIpc) is 0.811. The Bertz CT molecular complexity index is 15.5. The van der Waals surface area contributed by atoms with Crippen molar-refractivity contribution in [1.82, 2.24) is 0 Å². The molecule has 3 nitrogen and oxygen atoms in total. The Morgan fingerprint density at radius 3 is 1.00 bits per heavy atom. The summed E-state index contributed by atoms with van der Waals surface area (Å²) in [5.41, 5.74) is 0. The second-order valence-corrected chi connectivity index (χ2v) is 0.289.